The van der Waals surface area contributed by atoms with E-state index in [1.54, 1.807) is 0 Å². The van der Waals surface area contributed by atoms with Crippen LogP contribution in [0, 0.1) is 0 Å². The van der Waals surface area contributed by atoms with Crippen LogP contribution in [0.15, 0.2) is 0 Å². The summed E-state index contributed by atoms with van der Waals surface area (Å²) in [6, 6.07) is 0. The molecule has 0 atom stereocenters. The van der Waals surface area contributed by atoms with Crippen molar-refractivity contribution in [2.24, 2.45) is 0 Å². The van der Waals surface area contributed by atoms with Crippen LogP contribution < -0.4 is 0 Å². The number of hydrogen-bond donors (Lipinski definition) is 0. The lowest BCUT2D eigenvalue weighted by molar-refractivity contribution is -0.132. The summed E-state index contributed by atoms with van der Waals surface area (Å²) in [4.78, 5) is 9.46. The number of carbonyl (C=O) groups excluding carboxylic acids is 1. The van der Waals surface area contributed by atoms with Crippen LogP contribution in [-0.4, -0.2) is 19.8 Å². The Morgan fingerprint density at radius 1 is 1.56 bits per heavy atom. The highest BCUT2D eigenvalue weighted by atomic mass is 35.5. The van der Waals surface area contributed by atoms with Crippen LogP contribution in [0.25, 0.3) is 0 Å². The number of alkyl halides is 2. The molecule has 0 amide bonds. The number of rotatable bonds is 2. The molecule has 0 bridgehead atoms. The average Bonchev–Trinajstić information content (AvgIpc) is 1.63. The monoisotopic (exact) mass is 185 g/mol. The van der Waals surface area contributed by atoms with Gasteiger partial charge in [0.2, 0.25) is 4.84 Å². The lowest BCUT2D eigenvalue weighted by Crippen LogP contribution is -2.19. The van der Waals surface area contributed by atoms with Gasteiger partial charge >= 0.3 is 5.97 Å². The summed E-state index contributed by atoms with van der Waals surface area (Å²) in [5.41, 5.74) is 0. The zero-order valence-corrected chi connectivity index (χ0v) is 7.66. The molecule has 0 rings (SSSR count). The van der Waals surface area contributed by atoms with Gasteiger partial charge < -0.3 is 4.43 Å². The molecular weight excluding hydrogens is 179 g/mol. The molecule has 5 heteroatoms. The van der Waals surface area contributed by atoms with E-state index in [2.05, 4.69) is 0 Å². The summed E-state index contributed by atoms with van der Waals surface area (Å²) in [5, 5.41) is 0. The van der Waals surface area contributed by atoms with Gasteiger partial charge in [-0.15, -0.1) is 0 Å². The van der Waals surface area contributed by atoms with Gasteiger partial charge in [0.05, 0.1) is 0 Å². The van der Waals surface area contributed by atoms with Crippen molar-refractivity contribution in [2.75, 3.05) is 0 Å². The van der Waals surface area contributed by atoms with E-state index in [1.165, 1.54) is 0 Å². The third-order valence-electron chi connectivity index (χ3n) is 0.483. The van der Waals surface area contributed by atoms with Crippen molar-refractivity contribution in [3.8, 4) is 0 Å². The van der Waals surface area contributed by atoms with Crippen LogP contribution in [-0.2, 0) is 9.22 Å². The van der Waals surface area contributed by atoms with E-state index >= 15 is 0 Å². The molecule has 0 aromatic carbocycles. The second kappa shape index (κ2) is 4.14. The Kier molecular flexibility index (Phi) is 4.26. The van der Waals surface area contributed by atoms with Gasteiger partial charge in [-0.25, -0.2) is 0 Å². The molecule has 0 aliphatic heterocycles. The molecular formula is C4H7Cl2O2Si. The fourth-order valence-electron chi connectivity index (χ4n) is 0.246. The number of carbonyl (C=O) groups is 1. The van der Waals surface area contributed by atoms with Crippen LogP contribution in [0.2, 0.25) is 13.1 Å². The summed E-state index contributed by atoms with van der Waals surface area (Å²) in [6.07, 6.45) is 0. The van der Waals surface area contributed by atoms with E-state index in [0.717, 1.165) is 0 Å². The van der Waals surface area contributed by atoms with Gasteiger partial charge in [0, 0.05) is 0 Å². The SMILES string of the molecule is C[Si](C)OC(=O)C(Cl)Cl. The molecule has 0 aromatic rings. The van der Waals surface area contributed by atoms with Crippen molar-refractivity contribution in [1.82, 2.24) is 0 Å². The zero-order valence-electron chi connectivity index (χ0n) is 5.15. The summed E-state index contributed by atoms with van der Waals surface area (Å²) in [5.74, 6) is -0.544. The van der Waals surface area contributed by atoms with E-state index in [1.807, 2.05) is 13.1 Å². The Morgan fingerprint density at radius 2 is 2.00 bits per heavy atom. The molecule has 9 heavy (non-hydrogen) atoms. The molecule has 0 N–H and O–H groups in total. The van der Waals surface area contributed by atoms with E-state index < -0.39 is 19.8 Å². The molecule has 1 radical (unpaired) electrons. The second-order valence-corrected chi connectivity index (χ2v) is 4.75. The molecule has 0 unspecified atom stereocenters. The van der Waals surface area contributed by atoms with Gasteiger partial charge in [0.25, 0.3) is 9.04 Å². The molecule has 0 aromatic heterocycles. The van der Waals surface area contributed by atoms with Gasteiger partial charge in [-0.05, 0) is 13.1 Å². The smallest absolute Gasteiger partial charge is 0.326 e. The highest BCUT2D eigenvalue weighted by Crippen LogP contribution is 2.04. The zero-order chi connectivity index (χ0) is 7.44. The maximum absolute atomic E-state index is 10.5. The first-order valence-corrected chi connectivity index (χ1v) is 5.62. The first-order valence-electron chi connectivity index (χ1n) is 2.34. The summed E-state index contributed by atoms with van der Waals surface area (Å²) >= 11 is 10.4. The predicted octanol–water partition coefficient (Wildman–Crippen LogP) is 1.58. The highest BCUT2D eigenvalue weighted by Gasteiger charge is 2.14. The molecule has 0 heterocycles. The second-order valence-electron chi connectivity index (χ2n) is 1.63. The molecule has 0 saturated carbocycles. The van der Waals surface area contributed by atoms with Crippen LogP contribution in [0.1, 0.15) is 0 Å². The van der Waals surface area contributed by atoms with Crippen molar-refractivity contribution >= 4 is 38.2 Å². The van der Waals surface area contributed by atoms with Crippen LogP contribution >= 0.6 is 23.2 Å². The van der Waals surface area contributed by atoms with Gasteiger partial charge in [0.1, 0.15) is 0 Å². The minimum absolute atomic E-state index is 0.544. The molecule has 53 valence electrons. The Bertz CT molecular complexity index is 105. The molecule has 0 aliphatic carbocycles. The standard InChI is InChI=1S/C4H7Cl2O2Si/c1-9(2)8-4(7)3(5)6/h3H,1-2H3. The Labute approximate surface area is 65.8 Å². The molecule has 0 fully saturated rings. The highest BCUT2D eigenvalue weighted by molar-refractivity contribution is 6.57. The largest absolute Gasteiger partial charge is 0.516 e. The normalized spacial score (nSPS) is 10.4. The lowest BCUT2D eigenvalue weighted by atomic mass is 10.8. The summed E-state index contributed by atoms with van der Waals surface area (Å²) < 4.78 is 4.71. The van der Waals surface area contributed by atoms with Gasteiger partial charge in [-0.1, -0.05) is 23.2 Å². The maximum atomic E-state index is 10.5. The average molecular weight is 186 g/mol. The van der Waals surface area contributed by atoms with Gasteiger partial charge in [-0.2, -0.15) is 0 Å². The first-order chi connectivity index (χ1) is 4.04. The van der Waals surface area contributed by atoms with E-state index in [4.69, 9.17) is 27.6 Å². The third-order valence-corrected chi connectivity index (χ3v) is 1.45. The molecule has 0 aliphatic rings. The van der Waals surface area contributed by atoms with Crippen molar-refractivity contribution in [2.45, 2.75) is 17.9 Å². The summed E-state index contributed by atoms with van der Waals surface area (Å²) in [6.45, 7) is 3.66. The van der Waals surface area contributed by atoms with Crippen LogP contribution in [0.3, 0.4) is 0 Å². The van der Waals surface area contributed by atoms with E-state index in [0.29, 0.717) is 0 Å². The van der Waals surface area contributed by atoms with Gasteiger partial charge in [-0.3, -0.25) is 4.79 Å². The molecule has 0 spiro atoms. The van der Waals surface area contributed by atoms with E-state index in [9.17, 15) is 4.79 Å². The van der Waals surface area contributed by atoms with Gasteiger partial charge in [0.15, 0.2) is 0 Å². The van der Waals surface area contributed by atoms with Crippen molar-refractivity contribution in [3.63, 3.8) is 0 Å². The number of halogens is 2. The third kappa shape index (κ3) is 4.75. The van der Waals surface area contributed by atoms with Crippen molar-refractivity contribution < 1.29 is 9.22 Å². The quantitative estimate of drug-likeness (QED) is 0.483. The minimum atomic E-state index is -1.04. The predicted molar refractivity (Wildman–Crippen MR) is 39.1 cm³/mol. The maximum Gasteiger partial charge on any atom is 0.326 e. The lowest BCUT2D eigenvalue weighted by Gasteiger charge is -2.05. The molecule has 2 nitrogen and oxygen atoms in total. The van der Waals surface area contributed by atoms with Crippen LogP contribution in [0.4, 0.5) is 0 Å². The van der Waals surface area contributed by atoms with E-state index in [-0.39, 0.29) is 0 Å². The topological polar surface area (TPSA) is 26.3 Å². The van der Waals surface area contributed by atoms with Crippen molar-refractivity contribution in [1.29, 1.82) is 0 Å². The first kappa shape index (κ1) is 9.27. The summed E-state index contributed by atoms with van der Waals surface area (Å²) in [7, 11) is -0.997. The molecule has 0 saturated heterocycles. The Balaban J connectivity index is 3.51. The fraction of sp³-hybridized carbons (Fsp3) is 0.750. The Morgan fingerprint density at radius 3 is 2.11 bits per heavy atom. The van der Waals surface area contributed by atoms with Crippen molar-refractivity contribution in [3.05, 3.63) is 0 Å². The Hall–Kier alpha value is 0.267. The fourth-order valence-corrected chi connectivity index (χ4v) is 1.00. The number of hydrogen-bond acceptors (Lipinski definition) is 2. The van der Waals surface area contributed by atoms with Crippen LogP contribution in [0.5, 0.6) is 0 Å². The minimum Gasteiger partial charge on any atom is -0.516 e.